The third kappa shape index (κ3) is 3.64. The summed E-state index contributed by atoms with van der Waals surface area (Å²) in [6.07, 6.45) is 3.80. The van der Waals surface area contributed by atoms with Gasteiger partial charge in [0.25, 0.3) is 0 Å². The third-order valence-electron chi connectivity index (χ3n) is 4.54. The van der Waals surface area contributed by atoms with Crippen LogP contribution in [0.1, 0.15) is 38.7 Å². The normalized spacial score (nSPS) is 26.1. The van der Waals surface area contributed by atoms with Gasteiger partial charge in [0.15, 0.2) is 5.11 Å². The minimum Gasteiger partial charge on any atom is -0.359 e. The molecule has 1 aromatic rings. The van der Waals surface area contributed by atoms with Crippen LogP contribution in [0.25, 0.3) is 0 Å². The van der Waals surface area contributed by atoms with Crippen molar-refractivity contribution in [3.8, 4) is 0 Å². The fraction of sp³-hybridized carbons (Fsp3) is 0.562. The Hall–Kier alpha value is -0.800. The average molecular weight is 311 g/mol. The summed E-state index contributed by atoms with van der Waals surface area (Å²) in [5.74, 6) is 1.42. The van der Waals surface area contributed by atoms with Crippen molar-refractivity contribution in [2.24, 2.45) is 11.8 Å². The molecule has 0 unspecified atom stereocenters. The van der Waals surface area contributed by atoms with Crippen LogP contribution in [-0.4, -0.2) is 11.2 Å². The predicted molar refractivity (Wildman–Crippen MR) is 91.5 cm³/mol. The van der Waals surface area contributed by atoms with Gasteiger partial charge in [0.2, 0.25) is 0 Å². The molecule has 0 aliphatic heterocycles. The zero-order valence-electron chi connectivity index (χ0n) is 12.4. The standard InChI is InChI=1S/C16H23ClN2S/c1-10-6-4-8-14(11(10)2)18-16(20)19-15-9-5-7-13(17)12(15)3/h5,7,9-11,14H,4,6,8H2,1-3H3,(H2,18,19,20)/t10-,11-,14+/m1/s1. The van der Waals surface area contributed by atoms with Crippen LogP contribution in [0.2, 0.25) is 5.02 Å². The first kappa shape index (κ1) is 15.6. The van der Waals surface area contributed by atoms with Crippen LogP contribution in [0.3, 0.4) is 0 Å². The minimum atomic E-state index is 0.471. The van der Waals surface area contributed by atoms with Gasteiger partial charge in [0.1, 0.15) is 0 Å². The maximum atomic E-state index is 6.13. The number of benzene rings is 1. The van der Waals surface area contributed by atoms with Crippen LogP contribution in [0, 0.1) is 18.8 Å². The van der Waals surface area contributed by atoms with Gasteiger partial charge in [0.05, 0.1) is 0 Å². The van der Waals surface area contributed by atoms with Crippen molar-refractivity contribution >= 4 is 34.6 Å². The first-order valence-electron chi connectivity index (χ1n) is 7.31. The van der Waals surface area contributed by atoms with E-state index < -0.39 is 0 Å². The zero-order valence-corrected chi connectivity index (χ0v) is 13.9. The van der Waals surface area contributed by atoms with Crippen molar-refractivity contribution < 1.29 is 0 Å². The highest BCUT2D eigenvalue weighted by molar-refractivity contribution is 7.80. The molecule has 0 aromatic heterocycles. The second-order valence-corrected chi connectivity index (χ2v) is 6.70. The van der Waals surface area contributed by atoms with Crippen molar-refractivity contribution in [2.45, 2.75) is 46.1 Å². The molecule has 110 valence electrons. The molecule has 0 spiro atoms. The largest absolute Gasteiger partial charge is 0.359 e. The van der Waals surface area contributed by atoms with E-state index in [9.17, 15) is 0 Å². The summed E-state index contributed by atoms with van der Waals surface area (Å²) in [7, 11) is 0. The van der Waals surface area contributed by atoms with E-state index in [0.717, 1.165) is 22.2 Å². The smallest absolute Gasteiger partial charge is 0.171 e. The van der Waals surface area contributed by atoms with Gasteiger partial charge >= 0.3 is 0 Å². The summed E-state index contributed by atoms with van der Waals surface area (Å²) < 4.78 is 0. The monoisotopic (exact) mass is 310 g/mol. The van der Waals surface area contributed by atoms with Gasteiger partial charge in [0, 0.05) is 16.8 Å². The lowest BCUT2D eigenvalue weighted by molar-refractivity contribution is 0.225. The van der Waals surface area contributed by atoms with E-state index >= 15 is 0 Å². The molecule has 0 radical (unpaired) electrons. The maximum absolute atomic E-state index is 6.13. The molecule has 1 fully saturated rings. The fourth-order valence-electron chi connectivity index (χ4n) is 2.86. The van der Waals surface area contributed by atoms with E-state index in [2.05, 4.69) is 24.5 Å². The van der Waals surface area contributed by atoms with E-state index in [1.165, 1.54) is 19.3 Å². The molecular weight excluding hydrogens is 288 g/mol. The van der Waals surface area contributed by atoms with Crippen molar-refractivity contribution in [1.29, 1.82) is 0 Å². The second-order valence-electron chi connectivity index (χ2n) is 5.88. The van der Waals surface area contributed by atoms with Crippen molar-refractivity contribution in [3.63, 3.8) is 0 Å². The van der Waals surface area contributed by atoms with Crippen LogP contribution in [-0.2, 0) is 0 Å². The van der Waals surface area contributed by atoms with E-state index in [-0.39, 0.29) is 0 Å². The van der Waals surface area contributed by atoms with Gasteiger partial charge in [-0.1, -0.05) is 44.4 Å². The van der Waals surface area contributed by atoms with Crippen LogP contribution in [0.4, 0.5) is 5.69 Å². The number of halogens is 1. The predicted octanol–water partition coefficient (Wildman–Crippen LogP) is 4.76. The zero-order chi connectivity index (χ0) is 14.7. The minimum absolute atomic E-state index is 0.471. The highest BCUT2D eigenvalue weighted by atomic mass is 35.5. The first-order chi connectivity index (χ1) is 9.49. The molecular formula is C16H23ClN2S. The Bertz CT molecular complexity index is 489. The van der Waals surface area contributed by atoms with Gasteiger partial charge in [-0.05, 0) is 55.1 Å². The lowest BCUT2D eigenvalue weighted by Crippen LogP contribution is -2.45. The van der Waals surface area contributed by atoms with Gasteiger partial charge in [-0.25, -0.2) is 0 Å². The Labute approximate surface area is 132 Å². The molecule has 1 aromatic carbocycles. The van der Waals surface area contributed by atoms with Crippen LogP contribution in [0.15, 0.2) is 18.2 Å². The quantitative estimate of drug-likeness (QED) is 0.770. The van der Waals surface area contributed by atoms with Gasteiger partial charge in [-0.2, -0.15) is 0 Å². The van der Waals surface area contributed by atoms with Crippen molar-refractivity contribution in [1.82, 2.24) is 5.32 Å². The number of anilines is 1. The fourth-order valence-corrected chi connectivity index (χ4v) is 3.29. The van der Waals surface area contributed by atoms with E-state index in [1.54, 1.807) is 0 Å². The summed E-state index contributed by atoms with van der Waals surface area (Å²) in [5.41, 5.74) is 2.01. The average Bonchev–Trinajstić information content (AvgIpc) is 2.40. The molecule has 20 heavy (non-hydrogen) atoms. The molecule has 0 saturated heterocycles. The molecule has 0 heterocycles. The number of thiocarbonyl (C=S) groups is 1. The summed E-state index contributed by atoms with van der Waals surface area (Å²) >= 11 is 11.6. The summed E-state index contributed by atoms with van der Waals surface area (Å²) in [6, 6.07) is 6.30. The molecule has 1 saturated carbocycles. The Morgan fingerprint density at radius 1 is 1.30 bits per heavy atom. The van der Waals surface area contributed by atoms with Crippen molar-refractivity contribution in [3.05, 3.63) is 28.8 Å². The Balaban J connectivity index is 1.97. The van der Waals surface area contributed by atoms with Crippen LogP contribution < -0.4 is 10.6 Å². The number of hydrogen-bond donors (Lipinski definition) is 2. The topological polar surface area (TPSA) is 24.1 Å². The van der Waals surface area contributed by atoms with Gasteiger partial charge < -0.3 is 10.6 Å². The second kappa shape index (κ2) is 6.77. The maximum Gasteiger partial charge on any atom is 0.171 e. The van der Waals surface area contributed by atoms with Gasteiger partial charge in [-0.3, -0.25) is 0 Å². The molecule has 2 N–H and O–H groups in total. The summed E-state index contributed by atoms with van der Waals surface area (Å²) in [6.45, 7) is 6.64. The molecule has 1 aliphatic carbocycles. The number of rotatable bonds is 2. The lowest BCUT2D eigenvalue weighted by atomic mass is 9.78. The number of nitrogens with one attached hydrogen (secondary N) is 2. The van der Waals surface area contributed by atoms with Crippen molar-refractivity contribution in [2.75, 3.05) is 5.32 Å². The molecule has 4 heteroatoms. The number of hydrogen-bond acceptors (Lipinski definition) is 1. The molecule has 0 amide bonds. The Morgan fingerprint density at radius 2 is 2.05 bits per heavy atom. The highest BCUT2D eigenvalue weighted by Gasteiger charge is 2.27. The van der Waals surface area contributed by atoms with Crippen LogP contribution in [0.5, 0.6) is 0 Å². The SMILES string of the molecule is Cc1c(Cl)cccc1NC(=S)N[C@H]1CCC[C@@H](C)[C@H]1C. The first-order valence-corrected chi connectivity index (χ1v) is 8.10. The molecule has 2 nitrogen and oxygen atoms in total. The Kier molecular flexibility index (Phi) is 5.28. The molecule has 3 atom stereocenters. The molecule has 2 rings (SSSR count). The van der Waals surface area contributed by atoms with E-state index in [4.69, 9.17) is 23.8 Å². The van der Waals surface area contributed by atoms with Gasteiger partial charge in [-0.15, -0.1) is 0 Å². The van der Waals surface area contributed by atoms with E-state index in [0.29, 0.717) is 17.1 Å². The molecule has 0 bridgehead atoms. The lowest BCUT2D eigenvalue weighted by Gasteiger charge is -2.35. The summed E-state index contributed by atoms with van der Waals surface area (Å²) in [4.78, 5) is 0. The van der Waals surface area contributed by atoms with Crippen LogP contribution >= 0.6 is 23.8 Å². The Morgan fingerprint density at radius 3 is 2.80 bits per heavy atom. The highest BCUT2D eigenvalue weighted by Crippen LogP contribution is 2.29. The summed E-state index contributed by atoms with van der Waals surface area (Å²) in [5, 5.41) is 8.20. The third-order valence-corrected chi connectivity index (χ3v) is 5.17. The van der Waals surface area contributed by atoms with E-state index in [1.807, 2.05) is 25.1 Å². The molecule has 1 aliphatic rings.